The monoisotopic (exact) mass is 397 g/mol. The van der Waals surface area contributed by atoms with Gasteiger partial charge in [0.1, 0.15) is 0 Å². The van der Waals surface area contributed by atoms with E-state index in [1.165, 1.54) is 10.5 Å². The first-order valence-corrected chi connectivity index (χ1v) is 9.45. The minimum Gasteiger partial charge on any atom is -0.354 e. The third kappa shape index (κ3) is 3.51. The van der Waals surface area contributed by atoms with Gasteiger partial charge in [-0.2, -0.15) is 9.40 Å². The minimum atomic E-state index is -3.61. The van der Waals surface area contributed by atoms with Crippen LogP contribution in [0.5, 0.6) is 0 Å². The van der Waals surface area contributed by atoms with Gasteiger partial charge in [-0.25, -0.2) is 13.4 Å². The number of halogens is 1. The highest BCUT2D eigenvalue weighted by atomic mass is 79.9. The molecular formula is C14H16BrN5O2S. The molecule has 0 spiro atoms. The summed E-state index contributed by atoms with van der Waals surface area (Å²) in [6.07, 6.45) is 3.83. The van der Waals surface area contributed by atoms with Gasteiger partial charge in [0.25, 0.3) is 10.0 Å². The van der Waals surface area contributed by atoms with Gasteiger partial charge < -0.3 is 4.90 Å². The fourth-order valence-corrected chi connectivity index (χ4v) is 4.82. The summed E-state index contributed by atoms with van der Waals surface area (Å²) in [4.78, 5) is 6.07. The van der Waals surface area contributed by atoms with E-state index < -0.39 is 10.0 Å². The molecular weight excluding hydrogens is 382 g/mol. The SMILES string of the molecule is O=S(=O)(c1ncccc1Br)N1CCCN(c2cccnn2)CC1. The molecule has 7 nitrogen and oxygen atoms in total. The first-order valence-electron chi connectivity index (χ1n) is 7.22. The number of anilines is 1. The van der Waals surface area contributed by atoms with Crippen LogP contribution in [0.2, 0.25) is 0 Å². The fourth-order valence-electron chi connectivity index (χ4n) is 2.51. The molecule has 1 aliphatic heterocycles. The van der Waals surface area contributed by atoms with Crippen molar-refractivity contribution in [1.29, 1.82) is 0 Å². The molecule has 0 atom stereocenters. The van der Waals surface area contributed by atoms with Crippen LogP contribution in [0.15, 0.2) is 46.2 Å². The van der Waals surface area contributed by atoms with E-state index in [-0.39, 0.29) is 5.03 Å². The van der Waals surface area contributed by atoms with Crippen molar-refractivity contribution in [2.24, 2.45) is 0 Å². The second-order valence-electron chi connectivity index (χ2n) is 5.12. The van der Waals surface area contributed by atoms with Crippen LogP contribution in [0.4, 0.5) is 5.82 Å². The van der Waals surface area contributed by atoms with E-state index in [2.05, 4.69) is 36.0 Å². The number of nitrogens with zero attached hydrogens (tertiary/aromatic N) is 5. The summed E-state index contributed by atoms with van der Waals surface area (Å²) in [5, 5.41) is 8.03. The second kappa shape index (κ2) is 6.90. The second-order valence-corrected chi connectivity index (χ2v) is 7.82. The molecule has 0 bridgehead atoms. The van der Waals surface area contributed by atoms with Crippen LogP contribution in [0.25, 0.3) is 0 Å². The highest BCUT2D eigenvalue weighted by Crippen LogP contribution is 2.24. The van der Waals surface area contributed by atoms with Gasteiger partial charge in [-0.05, 0) is 46.6 Å². The van der Waals surface area contributed by atoms with Crippen LogP contribution >= 0.6 is 15.9 Å². The van der Waals surface area contributed by atoms with Crippen molar-refractivity contribution in [3.05, 3.63) is 41.1 Å². The molecule has 0 amide bonds. The number of hydrogen-bond donors (Lipinski definition) is 0. The summed E-state index contributed by atoms with van der Waals surface area (Å²) in [5.74, 6) is 0.769. The smallest absolute Gasteiger partial charge is 0.261 e. The number of sulfonamides is 1. The van der Waals surface area contributed by atoms with E-state index in [9.17, 15) is 8.42 Å². The van der Waals surface area contributed by atoms with Gasteiger partial charge in [-0.15, -0.1) is 5.10 Å². The average molecular weight is 398 g/mol. The van der Waals surface area contributed by atoms with E-state index >= 15 is 0 Å². The summed E-state index contributed by atoms with van der Waals surface area (Å²) in [6.45, 7) is 2.17. The van der Waals surface area contributed by atoms with Gasteiger partial charge in [0.15, 0.2) is 10.8 Å². The molecule has 0 radical (unpaired) electrons. The molecule has 3 heterocycles. The maximum atomic E-state index is 12.8. The summed E-state index contributed by atoms with van der Waals surface area (Å²) < 4.78 is 27.5. The molecule has 1 aliphatic rings. The Bertz CT molecular complexity index is 772. The summed E-state index contributed by atoms with van der Waals surface area (Å²) in [6, 6.07) is 7.09. The summed E-state index contributed by atoms with van der Waals surface area (Å²) in [5.41, 5.74) is 0. The van der Waals surface area contributed by atoms with Crippen LogP contribution < -0.4 is 4.90 Å². The van der Waals surface area contributed by atoms with E-state index in [1.54, 1.807) is 18.3 Å². The minimum absolute atomic E-state index is 0.0629. The lowest BCUT2D eigenvalue weighted by atomic mass is 10.4. The molecule has 0 aromatic carbocycles. The Labute approximate surface area is 143 Å². The Morgan fingerprint density at radius 3 is 2.61 bits per heavy atom. The topological polar surface area (TPSA) is 79.3 Å². The van der Waals surface area contributed by atoms with Gasteiger partial charge in [0, 0.05) is 38.6 Å². The zero-order valence-electron chi connectivity index (χ0n) is 12.3. The standard InChI is InChI=1S/C14H16BrN5O2S/c15-12-4-1-6-16-14(12)23(21,22)20-9-3-8-19(10-11-20)13-5-2-7-17-18-13/h1-2,4-7H,3,8-11H2. The molecule has 0 aliphatic carbocycles. The quantitative estimate of drug-likeness (QED) is 0.781. The Morgan fingerprint density at radius 2 is 1.87 bits per heavy atom. The van der Waals surface area contributed by atoms with E-state index in [0.29, 0.717) is 24.1 Å². The molecule has 2 aromatic rings. The number of aromatic nitrogens is 3. The van der Waals surface area contributed by atoms with Gasteiger partial charge in [0.2, 0.25) is 0 Å². The summed E-state index contributed by atoms with van der Waals surface area (Å²) >= 11 is 3.27. The van der Waals surface area contributed by atoms with E-state index in [4.69, 9.17) is 0 Å². The molecule has 122 valence electrons. The number of pyridine rings is 1. The molecule has 3 rings (SSSR count). The van der Waals surface area contributed by atoms with Crippen LogP contribution in [-0.2, 0) is 10.0 Å². The Balaban J connectivity index is 1.79. The van der Waals surface area contributed by atoms with E-state index in [1.807, 2.05) is 12.1 Å². The molecule has 9 heteroatoms. The Morgan fingerprint density at radius 1 is 1.04 bits per heavy atom. The zero-order valence-corrected chi connectivity index (χ0v) is 14.7. The van der Waals surface area contributed by atoms with Crippen molar-refractivity contribution in [2.75, 3.05) is 31.1 Å². The largest absolute Gasteiger partial charge is 0.354 e. The van der Waals surface area contributed by atoms with Gasteiger partial charge in [-0.1, -0.05) is 0 Å². The Hall–Kier alpha value is -1.58. The number of hydrogen-bond acceptors (Lipinski definition) is 6. The van der Waals surface area contributed by atoms with Crippen molar-refractivity contribution in [1.82, 2.24) is 19.5 Å². The first-order chi connectivity index (χ1) is 11.1. The fraction of sp³-hybridized carbons (Fsp3) is 0.357. The Kier molecular flexibility index (Phi) is 4.88. The van der Waals surface area contributed by atoms with Crippen LogP contribution in [0.3, 0.4) is 0 Å². The molecule has 1 saturated heterocycles. The normalized spacial score (nSPS) is 17.0. The molecule has 2 aromatic heterocycles. The molecule has 23 heavy (non-hydrogen) atoms. The van der Waals surface area contributed by atoms with Crippen LogP contribution in [0.1, 0.15) is 6.42 Å². The van der Waals surface area contributed by atoms with Crippen molar-refractivity contribution in [3.8, 4) is 0 Å². The number of rotatable bonds is 3. The lowest BCUT2D eigenvalue weighted by molar-refractivity contribution is 0.430. The van der Waals surface area contributed by atoms with Crippen molar-refractivity contribution >= 4 is 31.8 Å². The summed E-state index contributed by atoms with van der Waals surface area (Å²) in [7, 11) is -3.61. The average Bonchev–Trinajstić information content (AvgIpc) is 2.82. The predicted octanol–water partition coefficient (Wildman–Crippen LogP) is 1.54. The zero-order chi connectivity index (χ0) is 16.3. The molecule has 1 fully saturated rings. The van der Waals surface area contributed by atoms with Crippen molar-refractivity contribution in [2.45, 2.75) is 11.4 Å². The third-order valence-electron chi connectivity index (χ3n) is 3.65. The predicted molar refractivity (Wildman–Crippen MR) is 89.6 cm³/mol. The first kappa shape index (κ1) is 16.3. The maximum Gasteiger partial charge on any atom is 0.261 e. The van der Waals surface area contributed by atoms with Crippen molar-refractivity contribution in [3.63, 3.8) is 0 Å². The van der Waals surface area contributed by atoms with E-state index in [0.717, 1.165) is 18.8 Å². The van der Waals surface area contributed by atoms with Crippen LogP contribution in [-0.4, -0.2) is 54.1 Å². The lowest BCUT2D eigenvalue weighted by Crippen LogP contribution is -2.36. The maximum absolute atomic E-state index is 12.8. The van der Waals surface area contributed by atoms with Gasteiger partial charge in [0.05, 0.1) is 4.47 Å². The molecule has 0 unspecified atom stereocenters. The van der Waals surface area contributed by atoms with Gasteiger partial charge >= 0.3 is 0 Å². The van der Waals surface area contributed by atoms with Gasteiger partial charge in [-0.3, -0.25) is 0 Å². The molecule has 0 saturated carbocycles. The third-order valence-corrected chi connectivity index (χ3v) is 6.41. The lowest BCUT2D eigenvalue weighted by Gasteiger charge is -2.22. The highest BCUT2D eigenvalue weighted by Gasteiger charge is 2.29. The highest BCUT2D eigenvalue weighted by molar-refractivity contribution is 9.10. The van der Waals surface area contributed by atoms with Crippen LogP contribution in [0, 0.1) is 0 Å². The molecule has 0 N–H and O–H groups in total. The van der Waals surface area contributed by atoms with Crippen molar-refractivity contribution < 1.29 is 8.42 Å².